The molecule has 33 heavy (non-hydrogen) atoms. The Morgan fingerprint density at radius 3 is 2.39 bits per heavy atom. The number of para-hydroxylation sites is 2. The van der Waals surface area contributed by atoms with Gasteiger partial charge in [-0.25, -0.2) is 4.79 Å². The van der Waals surface area contributed by atoms with E-state index in [2.05, 4.69) is 5.32 Å². The van der Waals surface area contributed by atoms with Crippen molar-refractivity contribution in [3.8, 4) is 5.75 Å². The van der Waals surface area contributed by atoms with Crippen LogP contribution in [0.15, 0.2) is 71.6 Å². The van der Waals surface area contributed by atoms with Crippen molar-refractivity contribution >= 4 is 27.7 Å². The van der Waals surface area contributed by atoms with E-state index in [1.807, 2.05) is 19.1 Å². The molecule has 0 saturated carbocycles. The van der Waals surface area contributed by atoms with Crippen LogP contribution in [0.2, 0.25) is 0 Å². The molecule has 0 spiro atoms. The first-order valence-electron chi connectivity index (χ1n) is 10.4. The Morgan fingerprint density at radius 2 is 1.64 bits per heavy atom. The van der Waals surface area contributed by atoms with Crippen molar-refractivity contribution in [1.29, 1.82) is 0 Å². The van der Waals surface area contributed by atoms with Crippen LogP contribution in [0, 0.1) is 13.8 Å². The first-order chi connectivity index (χ1) is 15.7. The minimum atomic E-state index is -4.19. The van der Waals surface area contributed by atoms with Gasteiger partial charge >= 0.3 is 16.1 Å². The summed E-state index contributed by atoms with van der Waals surface area (Å²) in [6.07, 6.45) is 0.732. The number of rotatable bonds is 8. The Balaban J connectivity index is 1.72. The number of aryl methyl sites for hydroxylation is 3. The second-order valence-electron chi connectivity index (χ2n) is 7.44. The Labute approximate surface area is 193 Å². The molecule has 0 saturated heterocycles. The fourth-order valence-electron chi connectivity index (χ4n) is 3.19. The standard InChI is InChI=1S/C25H25NO6S/c1-4-19-9-5-7-11-21(19)26-24(27)16-31-25(28)20-10-6-8-12-22(20)32-33(29,30)23-15-17(2)13-14-18(23)3/h5-15H,4,16H2,1-3H3,(H,26,27). The second kappa shape index (κ2) is 10.3. The zero-order chi connectivity index (χ0) is 24.0. The molecule has 0 atom stereocenters. The summed E-state index contributed by atoms with van der Waals surface area (Å²) in [5.74, 6) is -1.56. The topological polar surface area (TPSA) is 98.8 Å². The SMILES string of the molecule is CCc1ccccc1NC(=O)COC(=O)c1ccccc1OS(=O)(=O)c1cc(C)ccc1C. The lowest BCUT2D eigenvalue weighted by Gasteiger charge is -2.13. The quantitative estimate of drug-likeness (QED) is 0.389. The molecule has 0 heterocycles. The van der Waals surface area contributed by atoms with Crippen LogP contribution in [0.5, 0.6) is 5.75 Å². The number of carbonyl (C=O) groups excluding carboxylic acids is 2. The van der Waals surface area contributed by atoms with Crippen molar-refractivity contribution < 1.29 is 26.9 Å². The summed E-state index contributed by atoms with van der Waals surface area (Å²) in [5, 5.41) is 2.71. The van der Waals surface area contributed by atoms with Gasteiger partial charge in [0.1, 0.15) is 10.5 Å². The molecule has 3 rings (SSSR count). The smallest absolute Gasteiger partial charge is 0.342 e. The zero-order valence-corrected chi connectivity index (χ0v) is 19.4. The van der Waals surface area contributed by atoms with Crippen molar-refractivity contribution in [2.24, 2.45) is 0 Å². The van der Waals surface area contributed by atoms with Gasteiger partial charge in [0.25, 0.3) is 5.91 Å². The van der Waals surface area contributed by atoms with Gasteiger partial charge in [-0.3, -0.25) is 4.79 Å². The zero-order valence-electron chi connectivity index (χ0n) is 18.6. The van der Waals surface area contributed by atoms with Gasteiger partial charge in [0.15, 0.2) is 12.4 Å². The fourth-order valence-corrected chi connectivity index (χ4v) is 4.46. The molecule has 0 aliphatic carbocycles. The molecule has 0 radical (unpaired) electrons. The number of hydrogen-bond acceptors (Lipinski definition) is 6. The number of esters is 1. The third-order valence-corrected chi connectivity index (χ3v) is 6.30. The molecule has 0 unspecified atom stereocenters. The number of nitrogens with one attached hydrogen (secondary N) is 1. The van der Waals surface area contributed by atoms with Crippen molar-refractivity contribution in [3.63, 3.8) is 0 Å². The van der Waals surface area contributed by atoms with E-state index in [-0.39, 0.29) is 16.2 Å². The average molecular weight is 468 g/mol. The van der Waals surface area contributed by atoms with E-state index >= 15 is 0 Å². The highest BCUT2D eigenvalue weighted by Crippen LogP contribution is 2.26. The Morgan fingerprint density at radius 1 is 0.939 bits per heavy atom. The van der Waals surface area contributed by atoms with E-state index in [4.69, 9.17) is 8.92 Å². The van der Waals surface area contributed by atoms with E-state index in [9.17, 15) is 18.0 Å². The molecular weight excluding hydrogens is 442 g/mol. The Bertz CT molecular complexity index is 1280. The van der Waals surface area contributed by atoms with Crippen LogP contribution in [0.4, 0.5) is 5.69 Å². The van der Waals surface area contributed by atoms with Crippen LogP contribution in [-0.2, 0) is 26.1 Å². The lowest BCUT2D eigenvalue weighted by Crippen LogP contribution is -2.22. The van der Waals surface area contributed by atoms with Gasteiger partial charge in [-0.1, -0.05) is 49.4 Å². The van der Waals surface area contributed by atoms with Crippen LogP contribution < -0.4 is 9.50 Å². The summed E-state index contributed by atoms with van der Waals surface area (Å²) >= 11 is 0. The molecule has 0 bridgehead atoms. The van der Waals surface area contributed by atoms with Crippen LogP contribution in [0.3, 0.4) is 0 Å². The molecule has 0 aliphatic heterocycles. The highest BCUT2D eigenvalue weighted by Gasteiger charge is 2.24. The van der Waals surface area contributed by atoms with Crippen LogP contribution in [0.25, 0.3) is 0 Å². The monoisotopic (exact) mass is 467 g/mol. The maximum atomic E-state index is 12.8. The number of carbonyl (C=O) groups is 2. The largest absolute Gasteiger partial charge is 0.452 e. The van der Waals surface area contributed by atoms with E-state index in [0.29, 0.717) is 11.3 Å². The number of ether oxygens (including phenoxy) is 1. The summed E-state index contributed by atoms with van der Waals surface area (Å²) in [7, 11) is -4.19. The van der Waals surface area contributed by atoms with Gasteiger partial charge in [0.05, 0.1) is 0 Å². The van der Waals surface area contributed by atoms with Gasteiger partial charge in [-0.15, -0.1) is 0 Å². The Kier molecular flexibility index (Phi) is 7.50. The first-order valence-corrected chi connectivity index (χ1v) is 11.8. The highest BCUT2D eigenvalue weighted by molar-refractivity contribution is 7.87. The van der Waals surface area contributed by atoms with Crippen molar-refractivity contribution in [1.82, 2.24) is 0 Å². The molecule has 172 valence electrons. The number of hydrogen-bond donors (Lipinski definition) is 1. The molecule has 0 fully saturated rings. The molecule has 1 N–H and O–H groups in total. The van der Waals surface area contributed by atoms with Gasteiger partial charge in [0.2, 0.25) is 0 Å². The van der Waals surface area contributed by atoms with Gasteiger partial charge in [-0.05, 0) is 61.2 Å². The molecule has 1 amide bonds. The van der Waals surface area contributed by atoms with E-state index in [1.165, 1.54) is 18.2 Å². The molecule has 8 heteroatoms. The first kappa shape index (κ1) is 24.0. The maximum absolute atomic E-state index is 12.8. The van der Waals surface area contributed by atoms with Crippen molar-refractivity contribution in [3.05, 3.63) is 89.0 Å². The van der Waals surface area contributed by atoms with E-state index in [1.54, 1.807) is 50.2 Å². The predicted molar refractivity (Wildman–Crippen MR) is 125 cm³/mol. The second-order valence-corrected chi connectivity index (χ2v) is 8.95. The summed E-state index contributed by atoms with van der Waals surface area (Å²) < 4.78 is 36.1. The third kappa shape index (κ3) is 5.98. The van der Waals surface area contributed by atoms with Crippen LogP contribution in [-0.4, -0.2) is 26.9 Å². The minimum Gasteiger partial charge on any atom is -0.452 e. The van der Waals surface area contributed by atoms with E-state index < -0.39 is 28.6 Å². The molecule has 3 aromatic carbocycles. The number of anilines is 1. The third-order valence-electron chi connectivity index (χ3n) is 4.93. The lowest BCUT2D eigenvalue weighted by molar-refractivity contribution is -0.119. The van der Waals surface area contributed by atoms with Gasteiger partial charge < -0.3 is 14.2 Å². The van der Waals surface area contributed by atoms with E-state index in [0.717, 1.165) is 17.5 Å². The summed E-state index contributed by atoms with van der Waals surface area (Å²) in [4.78, 5) is 24.9. The summed E-state index contributed by atoms with van der Waals surface area (Å²) in [5.41, 5.74) is 2.76. The number of benzene rings is 3. The molecule has 7 nitrogen and oxygen atoms in total. The van der Waals surface area contributed by atoms with Gasteiger partial charge in [-0.2, -0.15) is 8.42 Å². The maximum Gasteiger partial charge on any atom is 0.342 e. The minimum absolute atomic E-state index is 0.0136. The predicted octanol–water partition coefficient (Wildman–Crippen LogP) is 4.43. The highest BCUT2D eigenvalue weighted by atomic mass is 32.2. The van der Waals surface area contributed by atoms with Crippen LogP contribution in [0.1, 0.15) is 34.0 Å². The lowest BCUT2D eigenvalue weighted by atomic mass is 10.1. The van der Waals surface area contributed by atoms with Gasteiger partial charge in [0, 0.05) is 5.69 Å². The molecule has 0 aliphatic rings. The Hall–Kier alpha value is -3.65. The van der Waals surface area contributed by atoms with Crippen LogP contribution >= 0.6 is 0 Å². The normalized spacial score (nSPS) is 11.0. The number of amides is 1. The molecule has 0 aromatic heterocycles. The molecule has 3 aromatic rings. The summed E-state index contributed by atoms with van der Waals surface area (Å²) in [6.45, 7) is 4.86. The van der Waals surface area contributed by atoms with Crippen molar-refractivity contribution in [2.45, 2.75) is 32.1 Å². The van der Waals surface area contributed by atoms with Crippen molar-refractivity contribution in [2.75, 3.05) is 11.9 Å². The fraction of sp³-hybridized carbons (Fsp3) is 0.200. The molecular formula is C25H25NO6S. The average Bonchev–Trinajstić information content (AvgIpc) is 2.79. The summed E-state index contributed by atoms with van der Waals surface area (Å²) in [6, 6.07) is 18.1.